The molecule has 1 aromatic carbocycles. The van der Waals surface area contributed by atoms with Crippen LogP contribution in [0.1, 0.15) is 5.56 Å². The van der Waals surface area contributed by atoms with Gasteiger partial charge in [-0.05, 0) is 45.5 Å². The predicted octanol–water partition coefficient (Wildman–Crippen LogP) is 3.46. The Bertz CT molecular complexity index is 465. The van der Waals surface area contributed by atoms with Gasteiger partial charge in [-0.25, -0.2) is 0 Å². The first-order valence-electron chi connectivity index (χ1n) is 4.17. The minimum absolute atomic E-state index is 0.563. The summed E-state index contributed by atoms with van der Waals surface area (Å²) in [6, 6.07) is 8.20. The number of nitrogen functional groups attached to an aromatic ring is 1. The molecule has 0 amide bonds. The van der Waals surface area contributed by atoms with Gasteiger partial charge in [0.05, 0.1) is 9.35 Å². The molecule has 0 aliphatic carbocycles. The molecule has 0 aliphatic heterocycles. The first-order valence-corrected chi connectivity index (χ1v) is 5.73. The first kappa shape index (κ1) is 9.68. The molecular weight excluding hydrogens is 260 g/mol. The summed E-state index contributed by atoms with van der Waals surface area (Å²) in [4.78, 5) is 1.10. The second-order valence-electron chi connectivity index (χ2n) is 3.03. The Labute approximate surface area is 95.1 Å². The SMILES string of the molecule is Cc1ccccc1-c1snc(N)c1Br. The topological polar surface area (TPSA) is 38.9 Å². The van der Waals surface area contributed by atoms with E-state index in [4.69, 9.17) is 5.73 Å². The maximum absolute atomic E-state index is 5.68. The van der Waals surface area contributed by atoms with Crippen molar-refractivity contribution in [1.29, 1.82) is 0 Å². The molecular formula is C10H9BrN2S. The van der Waals surface area contributed by atoms with Crippen molar-refractivity contribution < 1.29 is 0 Å². The van der Waals surface area contributed by atoms with Crippen LogP contribution in [-0.4, -0.2) is 4.37 Å². The van der Waals surface area contributed by atoms with Gasteiger partial charge in [0, 0.05) is 0 Å². The van der Waals surface area contributed by atoms with E-state index in [-0.39, 0.29) is 0 Å². The lowest BCUT2D eigenvalue weighted by Gasteiger charge is -2.01. The number of hydrogen-bond acceptors (Lipinski definition) is 3. The van der Waals surface area contributed by atoms with Gasteiger partial charge in [-0.2, -0.15) is 4.37 Å². The standard InChI is InChI=1S/C10H9BrN2S/c1-6-4-2-3-5-7(6)9-8(11)10(12)13-14-9/h2-5H,1H3,(H2,12,13). The van der Waals surface area contributed by atoms with Crippen LogP contribution in [-0.2, 0) is 0 Å². The van der Waals surface area contributed by atoms with Gasteiger partial charge in [0.2, 0.25) is 0 Å². The van der Waals surface area contributed by atoms with Crippen molar-refractivity contribution in [2.24, 2.45) is 0 Å². The van der Waals surface area contributed by atoms with E-state index in [1.807, 2.05) is 12.1 Å². The molecule has 0 fully saturated rings. The number of aromatic nitrogens is 1. The third kappa shape index (κ3) is 1.55. The van der Waals surface area contributed by atoms with E-state index in [2.05, 4.69) is 39.4 Å². The number of aryl methyl sites for hydroxylation is 1. The van der Waals surface area contributed by atoms with Crippen LogP contribution in [0.5, 0.6) is 0 Å². The van der Waals surface area contributed by atoms with E-state index in [0.717, 1.165) is 9.35 Å². The molecule has 1 aromatic heterocycles. The van der Waals surface area contributed by atoms with E-state index in [1.54, 1.807) is 0 Å². The highest BCUT2D eigenvalue weighted by molar-refractivity contribution is 9.10. The predicted molar refractivity (Wildman–Crippen MR) is 64.4 cm³/mol. The van der Waals surface area contributed by atoms with Crippen LogP contribution in [0.2, 0.25) is 0 Å². The number of benzene rings is 1. The summed E-state index contributed by atoms with van der Waals surface area (Å²) in [5.74, 6) is 0.563. The van der Waals surface area contributed by atoms with Gasteiger partial charge in [-0.3, -0.25) is 0 Å². The molecule has 0 aliphatic rings. The van der Waals surface area contributed by atoms with Gasteiger partial charge in [-0.1, -0.05) is 24.3 Å². The number of halogens is 1. The van der Waals surface area contributed by atoms with Gasteiger partial charge in [0.25, 0.3) is 0 Å². The Morgan fingerprint density at radius 3 is 2.64 bits per heavy atom. The fourth-order valence-corrected chi connectivity index (χ4v) is 2.72. The molecule has 0 radical (unpaired) electrons. The van der Waals surface area contributed by atoms with E-state index in [0.29, 0.717) is 5.82 Å². The molecule has 0 saturated heterocycles. The first-order chi connectivity index (χ1) is 6.70. The van der Waals surface area contributed by atoms with E-state index < -0.39 is 0 Å². The third-order valence-corrected chi connectivity index (χ3v) is 4.01. The number of nitrogens with zero attached hydrogens (tertiary/aromatic N) is 1. The molecule has 2 N–H and O–H groups in total. The van der Waals surface area contributed by atoms with E-state index >= 15 is 0 Å². The Kier molecular flexibility index (Phi) is 2.56. The Morgan fingerprint density at radius 1 is 1.36 bits per heavy atom. The summed E-state index contributed by atoms with van der Waals surface area (Å²) < 4.78 is 5.01. The van der Waals surface area contributed by atoms with Gasteiger partial charge in [0.1, 0.15) is 0 Å². The highest BCUT2D eigenvalue weighted by Gasteiger charge is 2.11. The minimum Gasteiger partial charge on any atom is -0.382 e. The molecule has 0 bridgehead atoms. The maximum atomic E-state index is 5.68. The zero-order chi connectivity index (χ0) is 10.1. The van der Waals surface area contributed by atoms with Crippen LogP contribution in [0.3, 0.4) is 0 Å². The molecule has 72 valence electrons. The van der Waals surface area contributed by atoms with Gasteiger partial charge in [-0.15, -0.1) is 0 Å². The van der Waals surface area contributed by atoms with Crippen molar-refractivity contribution >= 4 is 33.3 Å². The zero-order valence-electron chi connectivity index (χ0n) is 7.62. The highest BCUT2D eigenvalue weighted by atomic mass is 79.9. The number of nitrogens with two attached hydrogens (primary N) is 1. The number of rotatable bonds is 1. The van der Waals surface area contributed by atoms with E-state index in [1.165, 1.54) is 22.7 Å². The summed E-state index contributed by atoms with van der Waals surface area (Å²) >= 11 is 4.87. The highest BCUT2D eigenvalue weighted by Crippen LogP contribution is 2.37. The molecule has 0 unspecified atom stereocenters. The quantitative estimate of drug-likeness (QED) is 0.861. The molecule has 14 heavy (non-hydrogen) atoms. The zero-order valence-corrected chi connectivity index (χ0v) is 10.0. The lowest BCUT2D eigenvalue weighted by atomic mass is 10.1. The van der Waals surface area contributed by atoms with Crippen LogP contribution >= 0.6 is 27.5 Å². The minimum atomic E-state index is 0.563. The van der Waals surface area contributed by atoms with E-state index in [9.17, 15) is 0 Å². The van der Waals surface area contributed by atoms with Crippen LogP contribution < -0.4 is 5.73 Å². The van der Waals surface area contributed by atoms with Crippen LogP contribution in [0.15, 0.2) is 28.7 Å². The van der Waals surface area contributed by atoms with Crippen molar-refractivity contribution in [3.63, 3.8) is 0 Å². The molecule has 2 aromatic rings. The largest absolute Gasteiger partial charge is 0.382 e. The average molecular weight is 269 g/mol. The summed E-state index contributed by atoms with van der Waals surface area (Å²) in [6.07, 6.45) is 0. The Balaban J connectivity index is 2.60. The van der Waals surface area contributed by atoms with Gasteiger partial charge in [0.15, 0.2) is 5.82 Å². The van der Waals surface area contributed by atoms with Gasteiger partial charge < -0.3 is 5.73 Å². The Hall–Kier alpha value is -0.870. The van der Waals surface area contributed by atoms with Gasteiger partial charge >= 0.3 is 0 Å². The summed E-state index contributed by atoms with van der Waals surface area (Å²) in [5, 5.41) is 0. The second-order valence-corrected chi connectivity index (χ2v) is 4.59. The third-order valence-electron chi connectivity index (χ3n) is 2.05. The summed E-state index contributed by atoms with van der Waals surface area (Å²) in [7, 11) is 0. The second kappa shape index (κ2) is 3.71. The molecule has 0 atom stereocenters. The fraction of sp³-hybridized carbons (Fsp3) is 0.100. The van der Waals surface area contributed by atoms with Crippen molar-refractivity contribution in [2.45, 2.75) is 6.92 Å². The molecule has 1 heterocycles. The van der Waals surface area contributed by atoms with Crippen molar-refractivity contribution in [3.8, 4) is 10.4 Å². The lowest BCUT2D eigenvalue weighted by molar-refractivity contribution is 1.47. The van der Waals surface area contributed by atoms with Crippen LogP contribution in [0.4, 0.5) is 5.82 Å². The molecule has 0 spiro atoms. The monoisotopic (exact) mass is 268 g/mol. The maximum Gasteiger partial charge on any atom is 0.152 e. The average Bonchev–Trinajstić information content (AvgIpc) is 2.49. The molecule has 4 heteroatoms. The molecule has 2 nitrogen and oxygen atoms in total. The molecule has 2 rings (SSSR count). The van der Waals surface area contributed by atoms with Crippen LogP contribution in [0.25, 0.3) is 10.4 Å². The van der Waals surface area contributed by atoms with Crippen molar-refractivity contribution in [3.05, 3.63) is 34.3 Å². The number of hydrogen-bond donors (Lipinski definition) is 1. The number of anilines is 1. The Morgan fingerprint density at radius 2 is 2.07 bits per heavy atom. The van der Waals surface area contributed by atoms with Crippen molar-refractivity contribution in [2.75, 3.05) is 5.73 Å². The summed E-state index contributed by atoms with van der Waals surface area (Å²) in [5.41, 5.74) is 8.10. The smallest absolute Gasteiger partial charge is 0.152 e. The lowest BCUT2D eigenvalue weighted by Crippen LogP contribution is -1.84. The summed E-state index contributed by atoms with van der Waals surface area (Å²) in [6.45, 7) is 2.08. The normalized spacial score (nSPS) is 10.4. The fourth-order valence-electron chi connectivity index (χ4n) is 1.29. The molecule has 0 saturated carbocycles. The van der Waals surface area contributed by atoms with Crippen LogP contribution in [0, 0.1) is 6.92 Å². The van der Waals surface area contributed by atoms with Crippen molar-refractivity contribution in [1.82, 2.24) is 4.37 Å².